The summed E-state index contributed by atoms with van der Waals surface area (Å²) in [6, 6.07) is 1.05. The summed E-state index contributed by atoms with van der Waals surface area (Å²) in [5, 5.41) is 19.5. The van der Waals surface area contributed by atoms with Gasteiger partial charge in [-0.15, -0.1) is 0 Å². The molecule has 100 valence electrons. The molecule has 0 aromatic carbocycles. The van der Waals surface area contributed by atoms with Crippen molar-refractivity contribution in [2.75, 3.05) is 13.2 Å². The van der Waals surface area contributed by atoms with Gasteiger partial charge in [-0.05, 0) is 5.92 Å². The van der Waals surface area contributed by atoms with Gasteiger partial charge in [0, 0.05) is 19.2 Å². The second-order valence-electron chi connectivity index (χ2n) is 4.31. The molecule has 0 spiro atoms. The van der Waals surface area contributed by atoms with E-state index < -0.39 is 10.9 Å². The summed E-state index contributed by atoms with van der Waals surface area (Å²) >= 11 is 0. The van der Waals surface area contributed by atoms with Crippen LogP contribution in [-0.4, -0.2) is 33.8 Å². The fourth-order valence-corrected chi connectivity index (χ4v) is 1.44. The van der Waals surface area contributed by atoms with Gasteiger partial charge in [-0.1, -0.05) is 13.8 Å². The van der Waals surface area contributed by atoms with Crippen LogP contribution in [0.3, 0.4) is 0 Å². The van der Waals surface area contributed by atoms with Crippen LogP contribution in [0.5, 0.6) is 0 Å². The molecule has 0 saturated heterocycles. The molecular weight excluding hydrogens is 240 g/mol. The van der Waals surface area contributed by atoms with E-state index in [4.69, 9.17) is 9.84 Å². The van der Waals surface area contributed by atoms with Crippen LogP contribution in [-0.2, 0) is 11.3 Å². The van der Waals surface area contributed by atoms with Gasteiger partial charge < -0.3 is 14.4 Å². The van der Waals surface area contributed by atoms with Gasteiger partial charge >= 0.3 is 5.97 Å². The van der Waals surface area contributed by atoms with E-state index in [1.54, 1.807) is 0 Å². The zero-order chi connectivity index (χ0) is 13.7. The molecule has 0 saturated carbocycles. The summed E-state index contributed by atoms with van der Waals surface area (Å²) in [6.07, 6.45) is 1.21. The van der Waals surface area contributed by atoms with Gasteiger partial charge in [0.05, 0.1) is 17.7 Å². The van der Waals surface area contributed by atoms with Gasteiger partial charge in [0.1, 0.15) is 5.69 Å². The zero-order valence-electron chi connectivity index (χ0n) is 10.3. The molecular formula is C11H16N2O5. The van der Waals surface area contributed by atoms with Crippen LogP contribution >= 0.6 is 0 Å². The number of hydrogen-bond donors (Lipinski definition) is 1. The molecule has 0 aliphatic rings. The van der Waals surface area contributed by atoms with E-state index in [0.29, 0.717) is 19.1 Å². The Morgan fingerprint density at radius 2 is 2.28 bits per heavy atom. The van der Waals surface area contributed by atoms with Crippen molar-refractivity contribution in [1.82, 2.24) is 4.57 Å². The van der Waals surface area contributed by atoms with Crippen molar-refractivity contribution in [1.29, 1.82) is 0 Å². The number of carboxylic acids is 1. The molecule has 7 heteroatoms. The fourth-order valence-electron chi connectivity index (χ4n) is 1.44. The average molecular weight is 256 g/mol. The SMILES string of the molecule is CC(C)COCCn1cc([N+](=O)[O-])cc1C(=O)O. The second-order valence-corrected chi connectivity index (χ2v) is 4.31. The van der Waals surface area contributed by atoms with Crippen LogP contribution < -0.4 is 0 Å². The van der Waals surface area contributed by atoms with Crippen molar-refractivity contribution in [2.24, 2.45) is 5.92 Å². The fraction of sp³-hybridized carbons (Fsp3) is 0.545. The number of rotatable bonds is 7. The molecule has 1 aromatic heterocycles. The van der Waals surface area contributed by atoms with E-state index in [-0.39, 0.29) is 17.9 Å². The summed E-state index contributed by atoms with van der Waals surface area (Å²) in [5.74, 6) is -0.796. The first-order valence-electron chi connectivity index (χ1n) is 5.57. The average Bonchev–Trinajstić information content (AvgIpc) is 2.68. The number of nitro groups is 1. The highest BCUT2D eigenvalue weighted by molar-refractivity contribution is 5.86. The first-order valence-corrected chi connectivity index (χ1v) is 5.57. The summed E-state index contributed by atoms with van der Waals surface area (Å²) < 4.78 is 6.64. The Kier molecular flexibility index (Phi) is 4.85. The van der Waals surface area contributed by atoms with Gasteiger partial charge in [-0.3, -0.25) is 10.1 Å². The Hall–Kier alpha value is -1.89. The molecule has 0 amide bonds. The molecule has 0 bridgehead atoms. The summed E-state index contributed by atoms with van der Waals surface area (Å²) in [5.41, 5.74) is -0.328. The van der Waals surface area contributed by atoms with Crippen molar-refractivity contribution in [3.05, 3.63) is 28.1 Å². The zero-order valence-corrected chi connectivity index (χ0v) is 10.3. The molecule has 0 unspecified atom stereocenters. The highest BCUT2D eigenvalue weighted by Crippen LogP contribution is 2.16. The van der Waals surface area contributed by atoms with Gasteiger partial charge in [0.2, 0.25) is 0 Å². The third kappa shape index (κ3) is 3.85. The monoisotopic (exact) mass is 256 g/mol. The minimum atomic E-state index is -1.19. The lowest BCUT2D eigenvalue weighted by atomic mass is 10.2. The molecule has 0 aliphatic heterocycles. The summed E-state index contributed by atoms with van der Waals surface area (Å²) in [6.45, 7) is 5.19. The lowest BCUT2D eigenvalue weighted by molar-refractivity contribution is -0.384. The summed E-state index contributed by atoms with van der Waals surface area (Å²) in [7, 11) is 0. The van der Waals surface area contributed by atoms with Crippen molar-refractivity contribution in [3.8, 4) is 0 Å². The number of aromatic carboxylic acids is 1. The predicted octanol–water partition coefficient (Wildman–Crippen LogP) is 1.77. The predicted molar refractivity (Wildman–Crippen MR) is 63.7 cm³/mol. The maximum Gasteiger partial charge on any atom is 0.352 e. The van der Waals surface area contributed by atoms with Crippen molar-refractivity contribution in [2.45, 2.75) is 20.4 Å². The van der Waals surface area contributed by atoms with E-state index in [2.05, 4.69) is 0 Å². The van der Waals surface area contributed by atoms with E-state index in [0.717, 1.165) is 6.07 Å². The third-order valence-electron chi connectivity index (χ3n) is 2.24. The van der Waals surface area contributed by atoms with E-state index in [1.165, 1.54) is 10.8 Å². The number of carbonyl (C=O) groups is 1. The van der Waals surface area contributed by atoms with E-state index in [1.807, 2.05) is 13.8 Å². The van der Waals surface area contributed by atoms with Crippen LogP contribution in [0.15, 0.2) is 12.3 Å². The molecule has 1 N–H and O–H groups in total. The normalized spacial score (nSPS) is 10.8. The molecule has 7 nitrogen and oxygen atoms in total. The minimum Gasteiger partial charge on any atom is -0.477 e. The molecule has 0 atom stereocenters. The lowest BCUT2D eigenvalue weighted by Gasteiger charge is -2.08. The Labute approximate surface area is 104 Å². The molecule has 1 aromatic rings. The molecule has 0 radical (unpaired) electrons. The van der Waals surface area contributed by atoms with Crippen LogP contribution in [0.2, 0.25) is 0 Å². The standard InChI is InChI=1S/C11H16N2O5/c1-8(2)7-18-4-3-12-6-9(13(16)17)5-10(12)11(14)15/h5-6,8H,3-4,7H2,1-2H3,(H,14,15). The summed E-state index contributed by atoms with van der Waals surface area (Å²) in [4.78, 5) is 20.9. The Bertz CT molecular complexity index is 439. The maximum atomic E-state index is 10.9. The lowest BCUT2D eigenvalue weighted by Crippen LogP contribution is -2.13. The Morgan fingerprint density at radius 3 is 2.78 bits per heavy atom. The molecule has 1 heterocycles. The topological polar surface area (TPSA) is 94.6 Å². The minimum absolute atomic E-state index is 0.102. The molecule has 1 rings (SSSR count). The van der Waals surface area contributed by atoms with Gasteiger partial charge in [0.15, 0.2) is 0 Å². The third-order valence-corrected chi connectivity index (χ3v) is 2.24. The quantitative estimate of drug-likeness (QED) is 0.455. The number of carboxylic acid groups (broad SMARTS) is 1. The Balaban J connectivity index is 2.68. The van der Waals surface area contributed by atoms with E-state index >= 15 is 0 Å². The highest BCUT2D eigenvalue weighted by Gasteiger charge is 2.18. The van der Waals surface area contributed by atoms with Crippen molar-refractivity contribution in [3.63, 3.8) is 0 Å². The van der Waals surface area contributed by atoms with Gasteiger partial charge in [-0.25, -0.2) is 4.79 Å². The largest absolute Gasteiger partial charge is 0.477 e. The van der Waals surface area contributed by atoms with Crippen LogP contribution in [0.4, 0.5) is 5.69 Å². The Morgan fingerprint density at radius 1 is 1.61 bits per heavy atom. The molecule has 0 aliphatic carbocycles. The smallest absolute Gasteiger partial charge is 0.352 e. The number of hydrogen-bond acceptors (Lipinski definition) is 4. The van der Waals surface area contributed by atoms with Crippen molar-refractivity contribution < 1.29 is 19.6 Å². The maximum absolute atomic E-state index is 10.9. The van der Waals surface area contributed by atoms with Crippen LogP contribution in [0.1, 0.15) is 24.3 Å². The van der Waals surface area contributed by atoms with Gasteiger partial charge in [0.25, 0.3) is 5.69 Å². The number of ether oxygens (including phenoxy) is 1. The molecule has 0 fully saturated rings. The first kappa shape index (κ1) is 14.2. The molecule has 18 heavy (non-hydrogen) atoms. The number of aromatic nitrogens is 1. The highest BCUT2D eigenvalue weighted by atomic mass is 16.6. The number of nitrogens with zero attached hydrogens (tertiary/aromatic N) is 2. The van der Waals surface area contributed by atoms with Gasteiger partial charge in [-0.2, -0.15) is 0 Å². The van der Waals surface area contributed by atoms with Crippen LogP contribution in [0.25, 0.3) is 0 Å². The van der Waals surface area contributed by atoms with Crippen molar-refractivity contribution >= 4 is 11.7 Å². The van der Waals surface area contributed by atoms with E-state index in [9.17, 15) is 14.9 Å². The first-order chi connectivity index (χ1) is 8.41. The second kappa shape index (κ2) is 6.15. The van der Waals surface area contributed by atoms with Crippen LogP contribution in [0, 0.1) is 16.0 Å².